The second-order valence-corrected chi connectivity index (χ2v) is 9.05. The Labute approximate surface area is 203 Å². The number of piperidine rings is 1. The summed E-state index contributed by atoms with van der Waals surface area (Å²) in [6.07, 6.45) is 1.73. The summed E-state index contributed by atoms with van der Waals surface area (Å²) in [5.74, 6) is -1.32. The molecule has 1 fully saturated rings. The van der Waals surface area contributed by atoms with Gasteiger partial charge >= 0.3 is 0 Å². The van der Waals surface area contributed by atoms with E-state index in [0.717, 1.165) is 43.1 Å². The second-order valence-electron chi connectivity index (χ2n) is 8.61. The standard InChI is InChI=1S/C27H27ClFN3O2/c1-18-6-9-20(16-25(18)31-27(34)23-4-2-3-5-24(23)29)26(33)30-22-12-14-32(15-13-22)17-19-7-10-21(28)11-8-19/h2-11,16,22H,12-15,17H2,1H3,(H,30,33)(H,31,34). The summed E-state index contributed by atoms with van der Waals surface area (Å²) in [6, 6.07) is 18.9. The van der Waals surface area contributed by atoms with Gasteiger partial charge in [-0.05, 0) is 67.3 Å². The highest BCUT2D eigenvalue weighted by Crippen LogP contribution is 2.20. The first-order chi connectivity index (χ1) is 16.4. The molecule has 0 aliphatic carbocycles. The predicted molar refractivity (Wildman–Crippen MR) is 133 cm³/mol. The van der Waals surface area contributed by atoms with Crippen LogP contribution in [0.25, 0.3) is 0 Å². The van der Waals surface area contributed by atoms with Crippen molar-refractivity contribution in [3.8, 4) is 0 Å². The van der Waals surface area contributed by atoms with Gasteiger partial charge in [0.1, 0.15) is 5.82 Å². The Kier molecular flexibility index (Phi) is 7.60. The number of nitrogens with zero attached hydrogens (tertiary/aromatic N) is 1. The van der Waals surface area contributed by atoms with Crippen molar-refractivity contribution in [3.05, 3.63) is 99.8 Å². The highest BCUT2D eigenvalue weighted by atomic mass is 35.5. The van der Waals surface area contributed by atoms with Gasteiger partial charge in [0.15, 0.2) is 0 Å². The average Bonchev–Trinajstić information content (AvgIpc) is 2.83. The summed E-state index contributed by atoms with van der Waals surface area (Å²) in [5, 5.41) is 6.57. The zero-order chi connectivity index (χ0) is 24.1. The van der Waals surface area contributed by atoms with E-state index in [9.17, 15) is 14.0 Å². The molecule has 0 atom stereocenters. The van der Waals surface area contributed by atoms with Crippen LogP contribution in [0.5, 0.6) is 0 Å². The molecule has 1 aliphatic rings. The third-order valence-electron chi connectivity index (χ3n) is 6.11. The van der Waals surface area contributed by atoms with Gasteiger partial charge in [-0.2, -0.15) is 0 Å². The number of benzene rings is 3. The summed E-state index contributed by atoms with van der Waals surface area (Å²) in [6.45, 7) is 4.48. The van der Waals surface area contributed by atoms with E-state index in [1.165, 1.54) is 23.8 Å². The molecule has 3 aromatic carbocycles. The van der Waals surface area contributed by atoms with Crippen molar-refractivity contribution in [3.63, 3.8) is 0 Å². The first kappa shape index (κ1) is 23.9. The molecule has 34 heavy (non-hydrogen) atoms. The number of anilines is 1. The third kappa shape index (κ3) is 6.01. The zero-order valence-electron chi connectivity index (χ0n) is 19.0. The number of hydrogen-bond donors (Lipinski definition) is 2. The summed E-state index contributed by atoms with van der Waals surface area (Å²) in [5.41, 5.74) is 2.91. The SMILES string of the molecule is Cc1ccc(C(=O)NC2CCN(Cc3ccc(Cl)cc3)CC2)cc1NC(=O)c1ccccc1F. The lowest BCUT2D eigenvalue weighted by molar-refractivity contribution is 0.0908. The van der Waals surface area contributed by atoms with Crippen molar-refractivity contribution in [1.29, 1.82) is 0 Å². The first-order valence-corrected chi connectivity index (χ1v) is 11.7. The van der Waals surface area contributed by atoms with Crippen LogP contribution in [-0.4, -0.2) is 35.8 Å². The van der Waals surface area contributed by atoms with E-state index in [2.05, 4.69) is 15.5 Å². The first-order valence-electron chi connectivity index (χ1n) is 11.3. The molecule has 0 spiro atoms. The normalized spacial score (nSPS) is 14.6. The number of rotatable bonds is 6. The number of nitrogens with one attached hydrogen (secondary N) is 2. The molecule has 7 heteroatoms. The lowest BCUT2D eigenvalue weighted by atomic mass is 10.0. The van der Waals surface area contributed by atoms with Gasteiger partial charge in [-0.1, -0.05) is 41.9 Å². The monoisotopic (exact) mass is 479 g/mol. The number of halogens is 2. The molecule has 176 valence electrons. The minimum absolute atomic E-state index is 0.0397. The van der Waals surface area contributed by atoms with Gasteiger partial charge < -0.3 is 10.6 Å². The molecule has 1 heterocycles. The molecule has 0 aromatic heterocycles. The lowest BCUT2D eigenvalue weighted by Crippen LogP contribution is -2.44. The maximum absolute atomic E-state index is 13.9. The van der Waals surface area contributed by atoms with E-state index in [-0.39, 0.29) is 17.5 Å². The van der Waals surface area contributed by atoms with Gasteiger partial charge in [-0.25, -0.2) is 4.39 Å². The van der Waals surface area contributed by atoms with Gasteiger partial charge in [0.25, 0.3) is 11.8 Å². The van der Waals surface area contributed by atoms with Crippen LogP contribution in [0, 0.1) is 12.7 Å². The van der Waals surface area contributed by atoms with Crippen LogP contribution >= 0.6 is 11.6 Å². The molecule has 2 amide bonds. The van der Waals surface area contributed by atoms with E-state index >= 15 is 0 Å². The molecular weight excluding hydrogens is 453 g/mol. The molecule has 0 radical (unpaired) electrons. The molecule has 3 aromatic rings. The predicted octanol–water partition coefficient (Wildman–Crippen LogP) is 5.43. The summed E-state index contributed by atoms with van der Waals surface area (Å²) >= 11 is 5.96. The molecule has 4 rings (SSSR count). The highest BCUT2D eigenvalue weighted by Gasteiger charge is 2.22. The Bertz CT molecular complexity index is 1170. The van der Waals surface area contributed by atoms with Gasteiger partial charge in [0.2, 0.25) is 0 Å². The van der Waals surface area contributed by atoms with Crippen LogP contribution in [0.15, 0.2) is 66.7 Å². The maximum Gasteiger partial charge on any atom is 0.258 e. The van der Waals surface area contributed by atoms with Crippen LogP contribution in [-0.2, 0) is 6.54 Å². The number of carbonyl (C=O) groups excluding carboxylic acids is 2. The fraction of sp³-hybridized carbons (Fsp3) is 0.259. The summed E-state index contributed by atoms with van der Waals surface area (Å²) < 4.78 is 13.9. The van der Waals surface area contributed by atoms with Gasteiger partial charge in [0, 0.05) is 41.9 Å². The Balaban J connectivity index is 1.33. The zero-order valence-corrected chi connectivity index (χ0v) is 19.7. The Morgan fingerprint density at radius 3 is 2.41 bits per heavy atom. The van der Waals surface area contributed by atoms with Crippen LogP contribution in [0.2, 0.25) is 5.02 Å². The van der Waals surface area contributed by atoms with Gasteiger partial charge in [0.05, 0.1) is 5.56 Å². The van der Waals surface area contributed by atoms with Crippen LogP contribution < -0.4 is 10.6 Å². The van der Waals surface area contributed by atoms with Crippen molar-refractivity contribution in [2.24, 2.45) is 0 Å². The second kappa shape index (κ2) is 10.8. The Hall–Kier alpha value is -3.22. The van der Waals surface area contributed by atoms with Crippen LogP contribution in [0.3, 0.4) is 0 Å². The number of amides is 2. The average molecular weight is 480 g/mol. The van der Waals surface area contributed by atoms with E-state index in [1.54, 1.807) is 24.3 Å². The van der Waals surface area contributed by atoms with Crippen molar-refractivity contribution in [2.75, 3.05) is 18.4 Å². The van der Waals surface area contributed by atoms with Gasteiger partial charge in [-0.3, -0.25) is 14.5 Å². The van der Waals surface area contributed by atoms with Crippen molar-refractivity contribution in [1.82, 2.24) is 10.2 Å². The smallest absolute Gasteiger partial charge is 0.258 e. The number of aryl methyl sites for hydroxylation is 1. The Morgan fingerprint density at radius 2 is 1.71 bits per heavy atom. The quantitative estimate of drug-likeness (QED) is 0.495. The molecular formula is C27H27ClFN3O2. The number of hydrogen-bond acceptors (Lipinski definition) is 3. The minimum Gasteiger partial charge on any atom is -0.349 e. The van der Waals surface area contributed by atoms with Crippen LogP contribution in [0.1, 0.15) is 44.7 Å². The minimum atomic E-state index is -0.589. The molecule has 0 saturated carbocycles. The lowest BCUT2D eigenvalue weighted by Gasteiger charge is -2.32. The third-order valence-corrected chi connectivity index (χ3v) is 6.36. The molecule has 0 bridgehead atoms. The maximum atomic E-state index is 13.9. The molecule has 0 unspecified atom stereocenters. The summed E-state index contributed by atoms with van der Waals surface area (Å²) in [4.78, 5) is 27.8. The largest absolute Gasteiger partial charge is 0.349 e. The van der Waals surface area contributed by atoms with Gasteiger partial charge in [-0.15, -0.1) is 0 Å². The van der Waals surface area contributed by atoms with E-state index < -0.39 is 11.7 Å². The van der Waals surface area contributed by atoms with Crippen molar-refractivity contribution < 1.29 is 14.0 Å². The number of carbonyl (C=O) groups is 2. The molecule has 2 N–H and O–H groups in total. The molecule has 5 nitrogen and oxygen atoms in total. The molecule has 1 saturated heterocycles. The molecule has 1 aliphatic heterocycles. The van der Waals surface area contributed by atoms with Crippen molar-refractivity contribution in [2.45, 2.75) is 32.4 Å². The Morgan fingerprint density at radius 1 is 1.00 bits per heavy atom. The van der Waals surface area contributed by atoms with Crippen molar-refractivity contribution >= 4 is 29.1 Å². The highest BCUT2D eigenvalue weighted by molar-refractivity contribution is 6.30. The van der Waals surface area contributed by atoms with Crippen LogP contribution in [0.4, 0.5) is 10.1 Å². The number of likely N-dealkylation sites (tertiary alicyclic amines) is 1. The summed E-state index contributed by atoms with van der Waals surface area (Å²) in [7, 11) is 0. The van der Waals surface area contributed by atoms with E-state index in [0.29, 0.717) is 11.3 Å². The van der Waals surface area contributed by atoms with E-state index in [1.807, 2.05) is 31.2 Å². The van der Waals surface area contributed by atoms with E-state index in [4.69, 9.17) is 11.6 Å². The fourth-order valence-electron chi connectivity index (χ4n) is 4.09. The fourth-order valence-corrected chi connectivity index (χ4v) is 4.21. The topological polar surface area (TPSA) is 61.4 Å².